The Morgan fingerprint density at radius 1 is 0.304 bits per heavy atom. The van der Waals surface area contributed by atoms with Gasteiger partial charge in [-0.05, 0) is 156 Å². The number of para-hydroxylation sites is 1. The number of anilines is 3. The first kappa shape index (κ1) is 40.5. The van der Waals surface area contributed by atoms with E-state index in [4.69, 9.17) is 0 Å². The molecule has 11 aromatic carbocycles. The van der Waals surface area contributed by atoms with E-state index < -0.39 is 0 Å². The molecular formula is C67H48N2. The molecule has 0 saturated heterocycles. The second kappa shape index (κ2) is 16.3. The van der Waals surface area contributed by atoms with Crippen molar-refractivity contribution in [3.63, 3.8) is 0 Å². The van der Waals surface area contributed by atoms with E-state index in [0.717, 1.165) is 28.3 Å². The average Bonchev–Trinajstić information content (AvgIpc) is 3.86. The Morgan fingerprint density at radius 2 is 0.812 bits per heavy atom. The number of aromatic nitrogens is 1. The molecule has 0 N–H and O–H groups in total. The fraction of sp³-hybridized carbons (Fsp3) is 0.0448. The first-order valence-electron chi connectivity index (χ1n) is 24.0. The Kier molecular flexibility index (Phi) is 9.55. The summed E-state index contributed by atoms with van der Waals surface area (Å²) in [7, 11) is 0. The second-order valence-electron chi connectivity index (χ2n) is 19.0. The maximum atomic E-state index is 2.44. The van der Waals surface area contributed by atoms with Gasteiger partial charge in [-0.1, -0.05) is 190 Å². The van der Waals surface area contributed by atoms with Crippen molar-refractivity contribution in [3.8, 4) is 61.3 Å². The van der Waals surface area contributed by atoms with Crippen molar-refractivity contribution in [3.05, 3.63) is 266 Å². The first-order chi connectivity index (χ1) is 33.9. The number of hydrogen-bond donors (Lipinski definition) is 0. The fourth-order valence-electron chi connectivity index (χ4n) is 11.0. The zero-order chi connectivity index (χ0) is 46.1. The zero-order valence-electron chi connectivity index (χ0n) is 38.6. The monoisotopic (exact) mass is 880 g/mol. The molecule has 69 heavy (non-hydrogen) atoms. The summed E-state index contributed by atoms with van der Waals surface area (Å²) in [6, 6.07) is 93.7. The first-order valence-corrected chi connectivity index (χ1v) is 24.0. The average molecular weight is 881 g/mol. The van der Waals surface area contributed by atoms with Gasteiger partial charge in [0.15, 0.2) is 0 Å². The molecular weight excluding hydrogens is 833 g/mol. The summed E-state index contributed by atoms with van der Waals surface area (Å²) in [5, 5.41) is 4.91. The van der Waals surface area contributed by atoms with Crippen LogP contribution < -0.4 is 4.90 Å². The number of fused-ring (bicyclic) bond motifs is 7. The van der Waals surface area contributed by atoms with E-state index in [0.29, 0.717) is 0 Å². The lowest BCUT2D eigenvalue weighted by Crippen LogP contribution is -2.16. The van der Waals surface area contributed by atoms with Gasteiger partial charge in [-0.25, -0.2) is 0 Å². The van der Waals surface area contributed by atoms with Crippen molar-refractivity contribution >= 4 is 49.6 Å². The van der Waals surface area contributed by atoms with Crippen LogP contribution in [0.15, 0.2) is 255 Å². The van der Waals surface area contributed by atoms with Gasteiger partial charge < -0.3 is 9.47 Å². The van der Waals surface area contributed by atoms with E-state index >= 15 is 0 Å². The maximum absolute atomic E-state index is 2.44. The molecule has 0 bridgehead atoms. The van der Waals surface area contributed by atoms with Crippen molar-refractivity contribution in [1.29, 1.82) is 0 Å². The van der Waals surface area contributed by atoms with E-state index in [2.05, 4.69) is 278 Å². The minimum Gasteiger partial charge on any atom is -0.310 e. The Bertz CT molecular complexity index is 3910. The Balaban J connectivity index is 0.889. The van der Waals surface area contributed by atoms with Crippen molar-refractivity contribution < 1.29 is 0 Å². The predicted octanol–water partition coefficient (Wildman–Crippen LogP) is 18.4. The van der Waals surface area contributed by atoms with Gasteiger partial charge in [0, 0.05) is 38.9 Å². The molecule has 2 nitrogen and oxygen atoms in total. The number of nitrogens with zero attached hydrogens (tertiary/aromatic N) is 2. The van der Waals surface area contributed by atoms with Gasteiger partial charge in [-0.3, -0.25) is 0 Å². The lowest BCUT2D eigenvalue weighted by Gasteiger charge is -2.29. The molecule has 0 aliphatic heterocycles. The van der Waals surface area contributed by atoms with Crippen molar-refractivity contribution in [2.75, 3.05) is 4.90 Å². The van der Waals surface area contributed by atoms with Crippen LogP contribution in [0.5, 0.6) is 0 Å². The van der Waals surface area contributed by atoms with Crippen LogP contribution in [0.4, 0.5) is 17.1 Å². The van der Waals surface area contributed by atoms with E-state index in [1.54, 1.807) is 0 Å². The standard InChI is InChI=1S/C67H48N2/c1-67(2)63-25-11-9-23-59(63)60-37-36-58(44-64(60)67)68(57-35-31-52-40-51(27-28-53(52)42-57)46-17-7-4-8-18-46)56-22-14-21-50(41-56)48-19-13-20-49(39-48)54-32-38-66-62(43-54)61-24-10-12-26-65(61)69(66)55-33-29-47(30-34-55)45-15-5-3-6-16-45/h3-44H,1-2H3. The van der Waals surface area contributed by atoms with Gasteiger partial charge in [0.05, 0.1) is 11.0 Å². The lowest BCUT2D eigenvalue weighted by atomic mass is 9.82. The molecule has 0 fully saturated rings. The summed E-state index contributed by atoms with van der Waals surface area (Å²) < 4.78 is 2.40. The predicted molar refractivity (Wildman–Crippen MR) is 292 cm³/mol. The van der Waals surface area contributed by atoms with Crippen LogP contribution in [0.3, 0.4) is 0 Å². The molecule has 13 rings (SSSR count). The molecule has 2 heteroatoms. The smallest absolute Gasteiger partial charge is 0.0541 e. The summed E-state index contributed by atoms with van der Waals surface area (Å²) in [5.41, 5.74) is 21.8. The quantitative estimate of drug-likeness (QED) is 0.148. The van der Waals surface area contributed by atoms with E-state index in [9.17, 15) is 0 Å². The highest BCUT2D eigenvalue weighted by Gasteiger charge is 2.35. The van der Waals surface area contributed by atoms with Crippen LogP contribution in [-0.4, -0.2) is 4.57 Å². The molecule has 1 heterocycles. The molecule has 1 aliphatic carbocycles. The minimum absolute atomic E-state index is 0.126. The molecule has 0 saturated carbocycles. The Hall–Kier alpha value is -8.72. The summed E-state index contributed by atoms with van der Waals surface area (Å²) in [6.45, 7) is 4.72. The molecule has 0 unspecified atom stereocenters. The normalized spacial score (nSPS) is 12.6. The Labute approximate surface area is 403 Å². The van der Waals surface area contributed by atoms with Gasteiger partial charge in [0.2, 0.25) is 0 Å². The molecule has 326 valence electrons. The lowest BCUT2D eigenvalue weighted by molar-refractivity contribution is 0.660. The van der Waals surface area contributed by atoms with Crippen LogP contribution >= 0.6 is 0 Å². The Morgan fingerprint density at radius 3 is 1.61 bits per heavy atom. The maximum Gasteiger partial charge on any atom is 0.0541 e. The molecule has 0 spiro atoms. The number of benzene rings is 11. The highest BCUT2D eigenvalue weighted by molar-refractivity contribution is 6.10. The molecule has 1 aliphatic rings. The third-order valence-electron chi connectivity index (χ3n) is 14.6. The van der Waals surface area contributed by atoms with Crippen LogP contribution in [0.2, 0.25) is 0 Å². The third-order valence-corrected chi connectivity index (χ3v) is 14.6. The number of hydrogen-bond acceptors (Lipinski definition) is 1. The van der Waals surface area contributed by atoms with Crippen LogP contribution in [0.25, 0.3) is 93.9 Å². The largest absolute Gasteiger partial charge is 0.310 e. The van der Waals surface area contributed by atoms with Crippen molar-refractivity contribution in [1.82, 2.24) is 4.57 Å². The summed E-state index contributed by atoms with van der Waals surface area (Å²) in [4.78, 5) is 2.44. The van der Waals surface area contributed by atoms with Gasteiger partial charge in [-0.2, -0.15) is 0 Å². The minimum atomic E-state index is -0.126. The third kappa shape index (κ3) is 6.95. The van der Waals surface area contributed by atoms with Gasteiger partial charge >= 0.3 is 0 Å². The van der Waals surface area contributed by atoms with Crippen LogP contribution in [-0.2, 0) is 5.41 Å². The van der Waals surface area contributed by atoms with Crippen LogP contribution in [0.1, 0.15) is 25.0 Å². The van der Waals surface area contributed by atoms with Gasteiger partial charge in [0.25, 0.3) is 0 Å². The van der Waals surface area contributed by atoms with Crippen molar-refractivity contribution in [2.24, 2.45) is 0 Å². The van der Waals surface area contributed by atoms with E-state index in [1.165, 1.54) is 93.8 Å². The molecule has 0 amide bonds. The fourth-order valence-corrected chi connectivity index (χ4v) is 11.0. The second-order valence-corrected chi connectivity index (χ2v) is 19.0. The highest BCUT2D eigenvalue weighted by Crippen LogP contribution is 2.51. The van der Waals surface area contributed by atoms with Gasteiger partial charge in [-0.15, -0.1) is 0 Å². The van der Waals surface area contributed by atoms with E-state index in [-0.39, 0.29) is 5.41 Å². The number of rotatable bonds is 8. The molecule has 1 aromatic heterocycles. The summed E-state index contributed by atoms with van der Waals surface area (Å²) >= 11 is 0. The molecule has 0 atom stereocenters. The zero-order valence-corrected chi connectivity index (χ0v) is 38.6. The SMILES string of the molecule is CC1(C)c2ccccc2-c2ccc(N(c3cccc(-c4cccc(-c5ccc6c(c5)c5ccccc5n6-c5ccc(-c6ccccc6)cc5)c4)c3)c3ccc4cc(-c5ccccc5)ccc4c3)cc21. The molecule has 12 aromatic rings. The van der Waals surface area contributed by atoms with Crippen molar-refractivity contribution in [2.45, 2.75) is 19.3 Å². The highest BCUT2D eigenvalue weighted by atomic mass is 15.1. The van der Waals surface area contributed by atoms with Gasteiger partial charge in [0.1, 0.15) is 0 Å². The summed E-state index contributed by atoms with van der Waals surface area (Å²) in [5.74, 6) is 0. The van der Waals surface area contributed by atoms with Crippen LogP contribution in [0, 0.1) is 0 Å². The molecule has 0 radical (unpaired) electrons. The summed E-state index contributed by atoms with van der Waals surface area (Å²) in [6.07, 6.45) is 0. The topological polar surface area (TPSA) is 8.17 Å². The van der Waals surface area contributed by atoms with E-state index in [1.807, 2.05) is 0 Å².